The number of carbonyl (C=O) groups is 2. The summed E-state index contributed by atoms with van der Waals surface area (Å²) in [5, 5.41) is 0. The predicted molar refractivity (Wildman–Crippen MR) is 67.6 cm³/mol. The van der Waals surface area contributed by atoms with E-state index in [2.05, 4.69) is 0 Å². The predicted octanol–water partition coefficient (Wildman–Crippen LogP) is 1.98. The Balaban J connectivity index is 2.06. The molecule has 1 aliphatic rings. The smallest absolute Gasteiger partial charge is 0.344 e. The van der Waals surface area contributed by atoms with E-state index in [0.29, 0.717) is 43.1 Å². The number of carbonyl (C=O) groups excluding carboxylic acids is 2. The Hall–Kier alpha value is -2.04. The third kappa shape index (κ3) is 3.47. The zero-order valence-electron chi connectivity index (χ0n) is 10.8. The van der Waals surface area contributed by atoms with E-state index in [0.717, 1.165) is 0 Å². The molecular weight excluding hydrogens is 248 g/mol. The van der Waals surface area contributed by atoms with Crippen molar-refractivity contribution in [3.63, 3.8) is 0 Å². The number of esters is 1. The van der Waals surface area contributed by atoms with Crippen molar-refractivity contribution in [3.8, 4) is 11.5 Å². The van der Waals surface area contributed by atoms with Gasteiger partial charge in [0.15, 0.2) is 12.4 Å². The standard InChI is InChI=1S/C14H16O5/c1-2-17-14(16)9-19-10-5-6-11-12(15)4-3-7-18-13(11)8-10/h5-6,8H,2-4,7,9H2,1H3. The molecule has 5 heteroatoms. The monoisotopic (exact) mass is 264 g/mol. The summed E-state index contributed by atoms with van der Waals surface area (Å²) in [6.07, 6.45) is 1.21. The normalized spacial score (nSPS) is 14.1. The summed E-state index contributed by atoms with van der Waals surface area (Å²) in [5.74, 6) is 0.657. The van der Waals surface area contributed by atoms with Gasteiger partial charge in [-0.05, 0) is 25.5 Å². The van der Waals surface area contributed by atoms with Crippen LogP contribution in [-0.2, 0) is 9.53 Å². The van der Waals surface area contributed by atoms with E-state index in [9.17, 15) is 9.59 Å². The molecule has 1 heterocycles. The van der Waals surface area contributed by atoms with Gasteiger partial charge in [-0.25, -0.2) is 4.79 Å². The fourth-order valence-electron chi connectivity index (χ4n) is 1.84. The third-order valence-corrected chi connectivity index (χ3v) is 2.72. The van der Waals surface area contributed by atoms with Gasteiger partial charge >= 0.3 is 5.97 Å². The van der Waals surface area contributed by atoms with Crippen LogP contribution >= 0.6 is 0 Å². The molecule has 5 nitrogen and oxygen atoms in total. The van der Waals surface area contributed by atoms with Gasteiger partial charge in [0.25, 0.3) is 0 Å². The third-order valence-electron chi connectivity index (χ3n) is 2.72. The molecule has 19 heavy (non-hydrogen) atoms. The molecule has 0 amide bonds. The molecule has 0 N–H and O–H groups in total. The Labute approximate surface area is 111 Å². The molecule has 0 fully saturated rings. The molecule has 0 radical (unpaired) electrons. The van der Waals surface area contributed by atoms with Crippen LogP contribution in [0.5, 0.6) is 11.5 Å². The van der Waals surface area contributed by atoms with Crippen LogP contribution in [0.15, 0.2) is 18.2 Å². The highest BCUT2D eigenvalue weighted by atomic mass is 16.6. The lowest BCUT2D eigenvalue weighted by atomic mass is 10.1. The van der Waals surface area contributed by atoms with Crippen LogP contribution < -0.4 is 9.47 Å². The lowest BCUT2D eigenvalue weighted by Crippen LogP contribution is -2.14. The Kier molecular flexibility index (Phi) is 4.39. The van der Waals surface area contributed by atoms with Crippen molar-refractivity contribution < 1.29 is 23.8 Å². The number of benzene rings is 1. The quantitative estimate of drug-likeness (QED) is 0.778. The lowest BCUT2D eigenvalue weighted by molar-refractivity contribution is -0.145. The topological polar surface area (TPSA) is 61.8 Å². The minimum atomic E-state index is -0.422. The number of ketones is 1. The van der Waals surface area contributed by atoms with Gasteiger partial charge in [0.05, 0.1) is 18.8 Å². The van der Waals surface area contributed by atoms with Gasteiger partial charge in [0, 0.05) is 12.5 Å². The molecule has 1 aliphatic heterocycles. The number of ether oxygens (including phenoxy) is 3. The van der Waals surface area contributed by atoms with Crippen LogP contribution in [0, 0.1) is 0 Å². The van der Waals surface area contributed by atoms with Crippen molar-refractivity contribution >= 4 is 11.8 Å². The van der Waals surface area contributed by atoms with Crippen LogP contribution in [0.25, 0.3) is 0 Å². The molecule has 0 unspecified atom stereocenters. The summed E-state index contributed by atoms with van der Waals surface area (Å²) in [5.41, 5.74) is 0.570. The first-order valence-corrected chi connectivity index (χ1v) is 6.29. The summed E-state index contributed by atoms with van der Waals surface area (Å²) in [6, 6.07) is 4.96. The van der Waals surface area contributed by atoms with E-state index in [1.807, 2.05) is 0 Å². The molecule has 0 aliphatic carbocycles. The van der Waals surface area contributed by atoms with Crippen molar-refractivity contribution in [2.75, 3.05) is 19.8 Å². The fourth-order valence-corrected chi connectivity index (χ4v) is 1.84. The van der Waals surface area contributed by atoms with Gasteiger partial charge < -0.3 is 14.2 Å². The van der Waals surface area contributed by atoms with E-state index >= 15 is 0 Å². The zero-order valence-corrected chi connectivity index (χ0v) is 10.8. The Bertz CT molecular complexity index is 481. The minimum Gasteiger partial charge on any atom is -0.493 e. The summed E-state index contributed by atoms with van der Waals surface area (Å²) in [7, 11) is 0. The van der Waals surface area contributed by atoms with Gasteiger partial charge in [0.2, 0.25) is 0 Å². The molecule has 0 saturated heterocycles. The Morgan fingerprint density at radius 2 is 2.26 bits per heavy atom. The summed E-state index contributed by atoms with van der Waals surface area (Å²) >= 11 is 0. The summed E-state index contributed by atoms with van der Waals surface area (Å²) in [6.45, 7) is 2.42. The highest BCUT2D eigenvalue weighted by molar-refractivity contribution is 5.99. The van der Waals surface area contributed by atoms with E-state index in [1.54, 1.807) is 25.1 Å². The minimum absolute atomic E-state index is 0.0736. The second-order valence-electron chi connectivity index (χ2n) is 4.13. The van der Waals surface area contributed by atoms with E-state index in [1.165, 1.54) is 0 Å². The largest absolute Gasteiger partial charge is 0.493 e. The lowest BCUT2D eigenvalue weighted by Gasteiger charge is -2.10. The number of fused-ring (bicyclic) bond motifs is 1. The summed E-state index contributed by atoms with van der Waals surface area (Å²) in [4.78, 5) is 23.0. The maximum absolute atomic E-state index is 11.8. The van der Waals surface area contributed by atoms with Gasteiger partial charge in [-0.1, -0.05) is 0 Å². The van der Waals surface area contributed by atoms with Crippen molar-refractivity contribution in [2.45, 2.75) is 19.8 Å². The van der Waals surface area contributed by atoms with E-state index < -0.39 is 5.97 Å². The summed E-state index contributed by atoms with van der Waals surface area (Å²) < 4.78 is 15.6. The van der Waals surface area contributed by atoms with E-state index in [-0.39, 0.29) is 12.4 Å². The fraction of sp³-hybridized carbons (Fsp3) is 0.429. The number of hydrogen-bond donors (Lipinski definition) is 0. The maximum atomic E-state index is 11.8. The van der Waals surface area contributed by atoms with Crippen molar-refractivity contribution in [1.82, 2.24) is 0 Å². The first-order valence-electron chi connectivity index (χ1n) is 6.29. The second-order valence-corrected chi connectivity index (χ2v) is 4.13. The molecule has 2 rings (SSSR count). The molecule has 0 atom stereocenters. The Morgan fingerprint density at radius 1 is 1.42 bits per heavy atom. The van der Waals surface area contributed by atoms with E-state index in [4.69, 9.17) is 14.2 Å². The highest BCUT2D eigenvalue weighted by Crippen LogP contribution is 2.28. The number of rotatable bonds is 4. The highest BCUT2D eigenvalue weighted by Gasteiger charge is 2.17. The second kappa shape index (κ2) is 6.22. The first kappa shape index (κ1) is 13.4. The molecule has 0 aromatic heterocycles. The van der Waals surface area contributed by atoms with Crippen molar-refractivity contribution in [1.29, 1.82) is 0 Å². The molecule has 0 bridgehead atoms. The molecule has 1 aromatic rings. The average molecular weight is 264 g/mol. The molecule has 1 aromatic carbocycles. The van der Waals surface area contributed by atoms with Gasteiger partial charge in [0.1, 0.15) is 11.5 Å². The molecular formula is C14H16O5. The molecule has 0 spiro atoms. The number of hydrogen-bond acceptors (Lipinski definition) is 5. The van der Waals surface area contributed by atoms with Gasteiger partial charge in [-0.15, -0.1) is 0 Å². The molecule has 102 valence electrons. The van der Waals surface area contributed by atoms with Crippen molar-refractivity contribution in [3.05, 3.63) is 23.8 Å². The number of Topliss-reactive ketones (excluding diaryl/α,β-unsaturated/α-hetero) is 1. The van der Waals surface area contributed by atoms with Crippen molar-refractivity contribution in [2.24, 2.45) is 0 Å². The Morgan fingerprint density at radius 3 is 3.05 bits per heavy atom. The van der Waals surface area contributed by atoms with Crippen LogP contribution in [0.3, 0.4) is 0 Å². The molecule has 0 saturated carbocycles. The van der Waals surface area contributed by atoms with Crippen LogP contribution in [0.4, 0.5) is 0 Å². The average Bonchev–Trinajstić information content (AvgIpc) is 2.59. The first-order chi connectivity index (χ1) is 9.20. The van der Waals surface area contributed by atoms with Crippen LogP contribution in [0.2, 0.25) is 0 Å². The zero-order chi connectivity index (χ0) is 13.7. The van der Waals surface area contributed by atoms with Crippen LogP contribution in [0.1, 0.15) is 30.1 Å². The van der Waals surface area contributed by atoms with Gasteiger partial charge in [-0.3, -0.25) is 4.79 Å². The van der Waals surface area contributed by atoms with Crippen LogP contribution in [-0.4, -0.2) is 31.6 Å². The maximum Gasteiger partial charge on any atom is 0.344 e. The SMILES string of the molecule is CCOC(=O)COc1ccc2c(c1)OCCCC2=O. The van der Waals surface area contributed by atoms with Gasteiger partial charge in [-0.2, -0.15) is 0 Å².